The molecule has 2 N–H and O–H groups in total. The minimum Gasteiger partial charge on any atom is -0.511 e. The number of carboxylic acid groups (broad SMARTS) is 1. The number of hydrogen-bond acceptors (Lipinski definition) is 3. The second-order valence-corrected chi connectivity index (χ2v) is 2.30. The number of aliphatic hydroxyl groups excluding tert-OH is 1. The largest absolute Gasteiger partial charge is 0.511 e. The number of nitrogens with zero attached hydrogens (tertiary/aromatic N) is 1. The van der Waals surface area contributed by atoms with E-state index in [-0.39, 0.29) is 17.8 Å². The van der Waals surface area contributed by atoms with Crippen LogP contribution in [-0.4, -0.2) is 28.3 Å². The second-order valence-electron chi connectivity index (χ2n) is 2.30. The first-order valence-electron chi connectivity index (χ1n) is 3.69. The highest BCUT2D eigenvalue weighted by Gasteiger charge is 2.10. The molecule has 0 aliphatic carbocycles. The van der Waals surface area contributed by atoms with Crippen LogP contribution < -0.4 is 0 Å². The average molecular weight is 185 g/mol. The molecule has 0 aromatic carbocycles. The quantitative estimate of drug-likeness (QED) is 0.388. The predicted octanol–water partition coefficient (Wildman–Crippen LogP) is 0.910. The third-order valence-corrected chi connectivity index (χ3v) is 1.25. The first kappa shape index (κ1) is 11.4. The van der Waals surface area contributed by atoms with Gasteiger partial charge in [-0.05, 0) is 0 Å². The van der Waals surface area contributed by atoms with Gasteiger partial charge in [0.2, 0.25) is 5.91 Å². The number of hydrogen-bond donors (Lipinski definition) is 2. The van der Waals surface area contributed by atoms with E-state index >= 15 is 0 Å². The molecule has 5 nitrogen and oxygen atoms in total. The normalized spacial score (nSPS) is 12.8. The predicted molar refractivity (Wildman–Crippen MR) is 46.8 cm³/mol. The van der Waals surface area contributed by atoms with E-state index in [1.165, 1.54) is 6.92 Å². The van der Waals surface area contributed by atoms with Crippen molar-refractivity contribution < 1.29 is 19.8 Å². The van der Waals surface area contributed by atoms with Crippen molar-refractivity contribution in [1.29, 1.82) is 0 Å². The number of aliphatic hydroxyl groups is 1. The van der Waals surface area contributed by atoms with Crippen LogP contribution in [0, 0.1) is 0 Å². The number of carboxylic acids is 1. The summed E-state index contributed by atoms with van der Waals surface area (Å²) < 4.78 is 0. The minimum atomic E-state index is -1.30. The topological polar surface area (TPSA) is 87.0 Å². The van der Waals surface area contributed by atoms with E-state index in [1.807, 2.05) is 0 Å². The zero-order valence-corrected chi connectivity index (χ0v) is 7.44. The standard InChI is InChI=1S/C8H11NO4/c1-3-7(11)6(8(12)13)4-9-5(2)10/h4,11H,3H2,1-2H3,(H,12,13). The first-order chi connectivity index (χ1) is 5.99. The van der Waals surface area contributed by atoms with E-state index in [4.69, 9.17) is 10.2 Å². The zero-order chi connectivity index (χ0) is 10.4. The molecule has 0 saturated carbocycles. The lowest BCUT2D eigenvalue weighted by molar-refractivity contribution is -0.132. The number of amides is 1. The zero-order valence-electron chi connectivity index (χ0n) is 7.44. The van der Waals surface area contributed by atoms with Crippen LogP contribution in [0.4, 0.5) is 0 Å². The highest BCUT2D eigenvalue weighted by Crippen LogP contribution is 2.03. The third kappa shape index (κ3) is 4.05. The lowest BCUT2D eigenvalue weighted by atomic mass is 10.2. The van der Waals surface area contributed by atoms with Gasteiger partial charge in [-0.25, -0.2) is 9.79 Å². The Morgan fingerprint density at radius 2 is 1.92 bits per heavy atom. The van der Waals surface area contributed by atoms with Crippen LogP contribution in [0.1, 0.15) is 20.3 Å². The van der Waals surface area contributed by atoms with Crippen LogP contribution in [0.5, 0.6) is 0 Å². The van der Waals surface area contributed by atoms with Gasteiger partial charge in [0.1, 0.15) is 11.3 Å². The van der Waals surface area contributed by atoms with Crippen molar-refractivity contribution >= 4 is 18.1 Å². The molecule has 72 valence electrons. The van der Waals surface area contributed by atoms with E-state index in [0.717, 1.165) is 6.21 Å². The van der Waals surface area contributed by atoms with E-state index < -0.39 is 11.9 Å². The molecule has 13 heavy (non-hydrogen) atoms. The van der Waals surface area contributed by atoms with E-state index in [2.05, 4.69) is 4.99 Å². The molecule has 0 aliphatic heterocycles. The summed E-state index contributed by atoms with van der Waals surface area (Å²) in [5.74, 6) is -2.11. The molecule has 0 aromatic rings. The van der Waals surface area contributed by atoms with Gasteiger partial charge in [-0.2, -0.15) is 0 Å². The molecule has 0 rings (SSSR count). The lowest BCUT2D eigenvalue weighted by Crippen LogP contribution is -2.06. The fourth-order valence-electron chi connectivity index (χ4n) is 0.599. The molecule has 0 saturated heterocycles. The SMILES string of the molecule is CCC(O)=C(C=NC(C)=O)C(=O)O. The van der Waals surface area contributed by atoms with Gasteiger partial charge in [-0.15, -0.1) is 0 Å². The van der Waals surface area contributed by atoms with Gasteiger partial charge in [0.05, 0.1) is 0 Å². The van der Waals surface area contributed by atoms with Crippen molar-refractivity contribution in [3.05, 3.63) is 11.3 Å². The summed E-state index contributed by atoms with van der Waals surface area (Å²) in [7, 11) is 0. The number of carbonyl (C=O) groups is 2. The molecular formula is C8H11NO4. The maximum Gasteiger partial charge on any atom is 0.340 e. The summed E-state index contributed by atoms with van der Waals surface area (Å²) in [5, 5.41) is 17.7. The molecule has 5 heteroatoms. The Kier molecular flexibility index (Phi) is 4.43. The molecule has 0 fully saturated rings. The molecule has 1 amide bonds. The summed E-state index contributed by atoms with van der Waals surface area (Å²) in [6.07, 6.45) is 1.04. The monoisotopic (exact) mass is 185 g/mol. The van der Waals surface area contributed by atoms with Gasteiger partial charge < -0.3 is 10.2 Å². The number of carbonyl (C=O) groups excluding carboxylic acids is 1. The second kappa shape index (κ2) is 5.08. The van der Waals surface area contributed by atoms with Crippen molar-refractivity contribution in [3.63, 3.8) is 0 Å². The van der Waals surface area contributed by atoms with E-state index in [1.54, 1.807) is 6.92 Å². The molecule has 0 aliphatic rings. The summed E-state index contributed by atoms with van der Waals surface area (Å²) in [6, 6.07) is 0. The number of aliphatic carboxylic acids is 1. The van der Waals surface area contributed by atoms with Crippen LogP contribution >= 0.6 is 0 Å². The molecule has 0 atom stereocenters. The van der Waals surface area contributed by atoms with Crippen LogP contribution in [0.25, 0.3) is 0 Å². The molecular weight excluding hydrogens is 174 g/mol. The lowest BCUT2D eigenvalue weighted by Gasteiger charge is -1.97. The average Bonchev–Trinajstić information content (AvgIpc) is 2.03. The molecule has 0 unspecified atom stereocenters. The van der Waals surface area contributed by atoms with Crippen LogP contribution in [0.15, 0.2) is 16.3 Å². The summed E-state index contributed by atoms with van der Waals surface area (Å²) >= 11 is 0. The Bertz CT molecular complexity index is 278. The van der Waals surface area contributed by atoms with E-state index in [9.17, 15) is 9.59 Å². The van der Waals surface area contributed by atoms with Gasteiger partial charge >= 0.3 is 5.97 Å². The van der Waals surface area contributed by atoms with Crippen LogP contribution in [-0.2, 0) is 9.59 Å². The fourth-order valence-corrected chi connectivity index (χ4v) is 0.599. The summed E-state index contributed by atoms with van der Waals surface area (Å²) in [6.45, 7) is 2.79. The van der Waals surface area contributed by atoms with Crippen molar-refractivity contribution in [3.8, 4) is 0 Å². The van der Waals surface area contributed by atoms with Gasteiger partial charge in [0.25, 0.3) is 0 Å². The smallest absolute Gasteiger partial charge is 0.340 e. The van der Waals surface area contributed by atoms with Crippen molar-refractivity contribution in [2.24, 2.45) is 4.99 Å². The van der Waals surface area contributed by atoms with Gasteiger partial charge in [0.15, 0.2) is 0 Å². The summed E-state index contributed by atoms with van der Waals surface area (Å²) in [4.78, 5) is 24.1. The first-order valence-corrected chi connectivity index (χ1v) is 3.69. The number of aliphatic imine (C=N–C) groups is 1. The highest BCUT2D eigenvalue weighted by molar-refractivity contribution is 6.11. The maximum atomic E-state index is 10.5. The Balaban J connectivity index is 4.85. The molecule has 0 radical (unpaired) electrons. The van der Waals surface area contributed by atoms with Gasteiger partial charge in [-0.1, -0.05) is 6.92 Å². The highest BCUT2D eigenvalue weighted by atomic mass is 16.4. The Hall–Kier alpha value is -1.65. The van der Waals surface area contributed by atoms with Gasteiger partial charge in [-0.3, -0.25) is 4.79 Å². The van der Waals surface area contributed by atoms with Crippen molar-refractivity contribution in [1.82, 2.24) is 0 Å². The van der Waals surface area contributed by atoms with Gasteiger partial charge in [0, 0.05) is 19.6 Å². The van der Waals surface area contributed by atoms with E-state index in [0.29, 0.717) is 0 Å². The van der Waals surface area contributed by atoms with Crippen molar-refractivity contribution in [2.45, 2.75) is 20.3 Å². The van der Waals surface area contributed by atoms with Crippen LogP contribution in [0.3, 0.4) is 0 Å². The minimum absolute atomic E-state index is 0.186. The third-order valence-electron chi connectivity index (χ3n) is 1.25. The number of allylic oxidation sites excluding steroid dienone is 1. The Morgan fingerprint density at radius 3 is 2.23 bits per heavy atom. The summed E-state index contributed by atoms with van der Waals surface area (Å²) in [5.41, 5.74) is -0.349. The fraction of sp³-hybridized carbons (Fsp3) is 0.375. The van der Waals surface area contributed by atoms with Crippen molar-refractivity contribution in [2.75, 3.05) is 0 Å². The maximum absolute atomic E-state index is 10.5. The number of rotatable bonds is 3. The molecule has 0 bridgehead atoms. The van der Waals surface area contributed by atoms with Crippen LogP contribution in [0.2, 0.25) is 0 Å². The Labute approximate surface area is 75.4 Å². The molecule has 0 spiro atoms. The molecule has 0 heterocycles. The molecule has 0 aromatic heterocycles. The Morgan fingerprint density at radius 1 is 1.38 bits per heavy atom.